The first-order valence-electron chi connectivity index (χ1n) is 15.7. The molecule has 2 aliphatic rings. The van der Waals surface area contributed by atoms with Crippen molar-refractivity contribution >= 4 is 21.8 Å². The molecule has 1 heterocycles. The van der Waals surface area contributed by atoms with E-state index in [1.807, 2.05) is 18.2 Å². The monoisotopic (exact) mass is 649 g/mol. The number of nitrogens with one attached hydrogen (secondary N) is 1. The normalized spacial score (nSPS) is 16.2. The zero-order valence-corrected chi connectivity index (χ0v) is 26.6. The van der Waals surface area contributed by atoms with Gasteiger partial charge in [-0.2, -0.15) is 4.31 Å². The molecule has 1 saturated heterocycles. The van der Waals surface area contributed by atoms with E-state index in [4.69, 9.17) is 9.47 Å². The van der Waals surface area contributed by atoms with Gasteiger partial charge in [0.05, 0.1) is 18.1 Å². The van der Waals surface area contributed by atoms with E-state index in [0.29, 0.717) is 36.6 Å². The highest BCUT2D eigenvalue weighted by Crippen LogP contribution is 2.26. The topological polar surface area (TPSA) is 105 Å². The van der Waals surface area contributed by atoms with E-state index >= 15 is 0 Å². The zero-order valence-electron chi connectivity index (χ0n) is 25.8. The smallest absolute Gasteiger partial charge is 0.261 e. The summed E-state index contributed by atoms with van der Waals surface area (Å²) in [6.07, 6.45) is 7.42. The summed E-state index contributed by atoms with van der Waals surface area (Å²) < 4.78 is 52.2. The summed E-state index contributed by atoms with van der Waals surface area (Å²) in [5.74, 6) is -0.889. The number of amides is 2. The van der Waals surface area contributed by atoms with E-state index in [0.717, 1.165) is 25.7 Å². The molecule has 1 aliphatic heterocycles. The van der Waals surface area contributed by atoms with Gasteiger partial charge in [-0.25, -0.2) is 12.8 Å². The SMILES string of the molecule is O=C(NCCC1=CCCCC1)C(c1ccccc1)N(Cc1ccc(F)cc1)C(=O)COc1ccc(S(=O)(=O)N2CCOCC2)cc1. The molecular weight excluding hydrogens is 609 g/mol. The predicted molar refractivity (Wildman–Crippen MR) is 172 cm³/mol. The van der Waals surface area contributed by atoms with Crippen molar-refractivity contribution < 1.29 is 31.9 Å². The number of carbonyl (C=O) groups excluding carboxylic acids is 2. The minimum atomic E-state index is -3.68. The van der Waals surface area contributed by atoms with Crippen molar-refractivity contribution in [1.29, 1.82) is 0 Å². The summed E-state index contributed by atoms with van der Waals surface area (Å²) in [4.78, 5) is 29.3. The van der Waals surface area contributed by atoms with Crippen LogP contribution in [0.5, 0.6) is 5.75 Å². The van der Waals surface area contributed by atoms with Crippen molar-refractivity contribution in [1.82, 2.24) is 14.5 Å². The molecule has 0 saturated carbocycles. The number of sulfonamides is 1. The van der Waals surface area contributed by atoms with E-state index in [2.05, 4.69) is 11.4 Å². The van der Waals surface area contributed by atoms with Crippen molar-refractivity contribution in [3.8, 4) is 5.75 Å². The Morgan fingerprint density at radius 3 is 2.35 bits per heavy atom. The molecule has 3 aromatic rings. The molecule has 1 fully saturated rings. The fourth-order valence-electron chi connectivity index (χ4n) is 5.66. The van der Waals surface area contributed by atoms with Crippen molar-refractivity contribution in [2.24, 2.45) is 0 Å². The standard InChI is InChI=1S/C35H40FN3O6S/c36-30-13-11-28(12-14-30)25-39(34(29-9-5-2-6-10-29)35(41)37-20-19-27-7-3-1-4-8-27)33(40)26-45-31-15-17-32(18-16-31)46(42,43)38-21-23-44-24-22-38/h2,5-7,9-18,34H,1,3-4,8,19-26H2,(H,37,41). The number of halogens is 1. The Bertz CT molecular complexity index is 1590. The number of hydrogen-bond donors (Lipinski definition) is 1. The van der Waals surface area contributed by atoms with Crippen LogP contribution in [0.3, 0.4) is 0 Å². The Hall–Kier alpha value is -4.06. The fourth-order valence-corrected chi connectivity index (χ4v) is 7.07. The summed E-state index contributed by atoms with van der Waals surface area (Å²) in [6.45, 7) is 1.34. The van der Waals surface area contributed by atoms with Gasteiger partial charge in [0.25, 0.3) is 5.91 Å². The Morgan fingerprint density at radius 2 is 1.67 bits per heavy atom. The van der Waals surface area contributed by atoms with Crippen LogP contribution < -0.4 is 10.1 Å². The first kappa shape index (κ1) is 33.3. The number of nitrogens with zero attached hydrogens (tertiary/aromatic N) is 2. The second kappa shape index (κ2) is 16.0. The first-order valence-corrected chi connectivity index (χ1v) is 17.1. The van der Waals surface area contributed by atoms with E-state index in [1.54, 1.807) is 24.3 Å². The molecule has 11 heteroatoms. The van der Waals surface area contributed by atoms with Gasteiger partial charge in [0, 0.05) is 26.2 Å². The van der Waals surface area contributed by atoms with Crippen LogP contribution in [0.2, 0.25) is 0 Å². The Balaban J connectivity index is 1.33. The van der Waals surface area contributed by atoms with Crippen LogP contribution in [0.1, 0.15) is 49.3 Å². The third kappa shape index (κ3) is 8.80. The summed E-state index contributed by atoms with van der Waals surface area (Å²) in [5.41, 5.74) is 2.61. The molecule has 1 N–H and O–H groups in total. The largest absolute Gasteiger partial charge is 0.484 e. The second-order valence-electron chi connectivity index (χ2n) is 11.4. The third-order valence-corrected chi connectivity index (χ3v) is 10.1. The number of hydrogen-bond acceptors (Lipinski definition) is 6. The van der Waals surface area contributed by atoms with Gasteiger partial charge in [-0.05, 0) is 79.6 Å². The Kier molecular flexibility index (Phi) is 11.6. The lowest BCUT2D eigenvalue weighted by atomic mass is 9.97. The average Bonchev–Trinajstić information content (AvgIpc) is 3.09. The third-order valence-electron chi connectivity index (χ3n) is 8.19. The number of benzene rings is 3. The molecule has 2 amide bonds. The minimum absolute atomic E-state index is 0.0390. The van der Waals surface area contributed by atoms with Crippen molar-refractivity contribution in [2.75, 3.05) is 39.5 Å². The summed E-state index contributed by atoms with van der Waals surface area (Å²) >= 11 is 0. The highest BCUT2D eigenvalue weighted by Gasteiger charge is 2.32. The van der Waals surface area contributed by atoms with Crippen molar-refractivity contribution in [3.05, 3.63) is 107 Å². The summed E-state index contributed by atoms with van der Waals surface area (Å²) in [7, 11) is -3.68. The zero-order chi connectivity index (χ0) is 32.4. The highest BCUT2D eigenvalue weighted by molar-refractivity contribution is 7.89. The van der Waals surface area contributed by atoms with E-state index in [9.17, 15) is 22.4 Å². The predicted octanol–water partition coefficient (Wildman–Crippen LogP) is 5.00. The van der Waals surface area contributed by atoms with Crippen LogP contribution in [0.25, 0.3) is 0 Å². The van der Waals surface area contributed by atoms with Gasteiger partial charge in [-0.1, -0.05) is 54.1 Å². The number of rotatable bonds is 13. The van der Waals surface area contributed by atoms with Gasteiger partial charge in [-0.3, -0.25) is 9.59 Å². The first-order chi connectivity index (χ1) is 22.3. The maximum atomic E-state index is 13.9. The van der Waals surface area contributed by atoms with Crippen LogP contribution >= 0.6 is 0 Å². The molecule has 0 aromatic heterocycles. The fraction of sp³-hybridized carbons (Fsp3) is 0.371. The lowest BCUT2D eigenvalue weighted by Crippen LogP contribution is -2.45. The van der Waals surface area contributed by atoms with Crippen LogP contribution in [-0.2, 0) is 30.9 Å². The van der Waals surface area contributed by atoms with Crippen LogP contribution in [0.4, 0.5) is 4.39 Å². The van der Waals surface area contributed by atoms with Crippen LogP contribution in [-0.4, -0.2) is 68.9 Å². The summed E-state index contributed by atoms with van der Waals surface area (Å²) in [5, 5.41) is 3.04. The van der Waals surface area contributed by atoms with E-state index < -0.39 is 34.4 Å². The van der Waals surface area contributed by atoms with Gasteiger partial charge >= 0.3 is 0 Å². The van der Waals surface area contributed by atoms with Gasteiger partial charge in [0.15, 0.2) is 6.61 Å². The number of morpholine rings is 1. The maximum Gasteiger partial charge on any atom is 0.261 e. The molecule has 46 heavy (non-hydrogen) atoms. The molecule has 5 rings (SSSR count). The number of allylic oxidation sites excluding steroid dienone is 1. The molecule has 9 nitrogen and oxygen atoms in total. The molecule has 1 atom stereocenters. The van der Waals surface area contributed by atoms with Gasteiger partial charge in [-0.15, -0.1) is 0 Å². The van der Waals surface area contributed by atoms with Gasteiger partial charge in [0.1, 0.15) is 17.6 Å². The van der Waals surface area contributed by atoms with Crippen molar-refractivity contribution in [2.45, 2.75) is 49.6 Å². The van der Waals surface area contributed by atoms with E-state index in [1.165, 1.54) is 57.6 Å². The average molecular weight is 650 g/mol. The Morgan fingerprint density at radius 1 is 0.957 bits per heavy atom. The molecular formula is C35H40FN3O6S. The number of ether oxygens (including phenoxy) is 2. The molecule has 3 aromatic carbocycles. The molecule has 0 spiro atoms. The van der Waals surface area contributed by atoms with Gasteiger partial charge in [0.2, 0.25) is 15.9 Å². The molecule has 0 bridgehead atoms. The molecule has 244 valence electrons. The molecule has 0 radical (unpaired) electrons. The maximum absolute atomic E-state index is 13.9. The Labute approximate surface area is 270 Å². The van der Waals surface area contributed by atoms with Crippen LogP contribution in [0.15, 0.2) is 95.4 Å². The van der Waals surface area contributed by atoms with Gasteiger partial charge < -0.3 is 19.7 Å². The van der Waals surface area contributed by atoms with Crippen LogP contribution in [0, 0.1) is 5.82 Å². The summed E-state index contributed by atoms with van der Waals surface area (Å²) in [6, 6.07) is 19.8. The lowest BCUT2D eigenvalue weighted by molar-refractivity contribution is -0.143. The number of carbonyl (C=O) groups is 2. The lowest BCUT2D eigenvalue weighted by Gasteiger charge is -2.31. The minimum Gasteiger partial charge on any atom is -0.484 e. The molecule has 1 aliphatic carbocycles. The highest BCUT2D eigenvalue weighted by atomic mass is 32.2. The van der Waals surface area contributed by atoms with E-state index in [-0.39, 0.29) is 30.4 Å². The second-order valence-corrected chi connectivity index (χ2v) is 13.3. The molecule has 1 unspecified atom stereocenters. The van der Waals surface area contributed by atoms with Crippen molar-refractivity contribution in [3.63, 3.8) is 0 Å². The quantitative estimate of drug-likeness (QED) is 0.262.